The lowest BCUT2D eigenvalue weighted by atomic mass is 9.91. The van der Waals surface area contributed by atoms with Crippen molar-refractivity contribution in [3.05, 3.63) is 35.9 Å². The normalized spacial score (nSPS) is 26.1. The van der Waals surface area contributed by atoms with Crippen LogP contribution in [0.4, 0.5) is 0 Å². The van der Waals surface area contributed by atoms with Crippen LogP contribution in [0, 0.1) is 0 Å². The molecular formula is C17H28N2S. The molecule has 1 heterocycles. The molecule has 2 rings (SSSR count). The molecule has 112 valence electrons. The summed E-state index contributed by atoms with van der Waals surface area (Å²) in [7, 11) is 0. The first-order chi connectivity index (χ1) is 9.64. The van der Waals surface area contributed by atoms with Gasteiger partial charge in [0.05, 0.1) is 5.54 Å². The summed E-state index contributed by atoms with van der Waals surface area (Å²) in [5.41, 5.74) is 1.49. The van der Waals surface area contributed by atoms with Gasteiger partial charge in [-0.2, -0.15) is 11.8 Å². The number of hydrogen-bond donors (Lipinski definition) is 1. The summed E-state index contributed by atoms with van der Waals surface area (Å²) >= 11 is 1.97. The number of nitrogens with zero attached hydrogens (tertiary/aromatic N) is 1. The first kappa shape index (κ1) is 15.9. The lowest BCUT2D eigenvalue weighted by molar-refractivity contribution is 0.218. The summed E-state index contributed by atoms with van der Waals surface area (Å²) in [6.07, 6.45) is 4.74. The lowest BCUT2D eigenvalue weighted by Gasteiger charge is -2.34. The minimum absolute atomic E-state index is 0.0837. The SMILES string of the molecule is CSC(C)CCN1CCCNC(C)(c2ccccc2)C1. The maximum Gasteiger partial charge on any atom is 0.0534 e. The summed E-state index contributed by atoms with van der Waals surface area (Å²) < 4.78 is 0. The van der Waals surface area contributed by atoms with Crippen molar-refractivity contribution < 1.29 is 0 Å². The fourth-order valence-corrected chi connectivity index (χ4v) is 3.26. The maximum absolute atomic E-state index is 3.76. The summed E-state index contributed by atoms with van der Waals surface area (Å²) in [6.45, 7) is 9.33. The quantitative estimate of drug-likeness (QED) is 0.896. The van der Waals surface area contributed by atoms with Crippen LogP contribution in [-0.2, 0) is 5.54 Å². The largest absolute Gasteiger partial charge is 0.307 e. The van der Waals surface area contributed by atoms with Crippen LogP contribution in [0.5, 0.6) is 0 Å². The predicted octanol–water partition coefficient (Wildman–Crippen LogP) is 3.34. The zero-order valence-electron chi connectivity index (χ0n) is 13.1. The lowest BCUT2D eigenvalue weighted by Crippen LogP contribution is -2.46. The molecule has 1 saturated heterocycles. The van der Waals surface area contributed by atoms with Crippen molar-refractivity contribution in [1.82, 2.24) is 10.2 Å². The average Bonchev–Trinajstić information content (AvgIpc) is 2.68. The van der Waals surface area contributed by atoms with Gasteiger partial charge >= 0.3 is 0 Å². The molecule has 2 unspecified atom stereocenters. The standard InChI is InChI=1S/C17H28N2S/c1-15(20-3)10-13-19-12-7-11-18-17(2,14-19)16-8-5-4-6-9-16/h4-6,8-9,15,18H,7,10-14H2,1-3H3. The Hall–Kier alpha value is -0.510. The van der Waals surface area contributed by atoms with E-state index in [4.69, 9.17) is 0 Å². The van der Waals surface area contributed by atoms with Gasteiger partial charge in [0, 0.05) is 11.8 Å². The highest BCUT2D eigenvalue weighted by Crippen LogP contribution is 2.24. The Morgan fingerprint density at radius 3 is 2.80 bits per heavy atom. The smallest absolute Gasteiger partial charge is 0.0534 e. The van der Waals surface area contributed by atoms with Gasteiger partial charge in [-0.3, -0.25) is 0 Å². The first-order valence-electron chi connectivity index (χ1n) is 7.70. The van der Waals surface area contributed by atoms with Gasteiger partial charge in [0.25, 0.3) is 0 Å². The van der Waals surface area contributed by atoms with E-state index in [9.17, 15) is 0 Å². The van der Waals surface area contributed by atoms with E-state index in [0.717, 1.165) is 18.3 Å². The molecule has 20 heavy (non-hydrogen) atoms. The van der Waals surface area contributed by atoms with E-state index in [1.807, 2.05) is 11.8 Å². The second kappa shape index (κ2) is 7.48. The number of thioether (sulfide) groups is 1. The molecule has 1 aliphatic rings. The van der Waals surface area contributed by atoms with Gasteiger partial charge in [0.2, 0.25) is 0 Å². The van der Waals surface area contributed by atoms with E-state index in [-0.39, 0.29) is 5.54 Å². The van der Waals surface area contributed by atoms with Crippen LogP contribution in [0.3, 0.4) is 0 Å². The van der Waals surface area contributed by atoms with E-state index in [0.29, 0.717) is 0 Å². The molecule has 0 bridgehead atoms. The average molecular weight is 292 g/mol. The number of benzene rings is 1. The molecule has 0 radical (unpaired) electrons. The van der Waals surface area contributed by atoms with E-state index in [1.54, 1.807) is 0 Å². The van der Waals surface area contributed by atoms with Crippen LogP contribution in [0.1, 0.15) is 32.3 Å². The van der Waals surface area contributed by atoms with E-state index >= 15 is 0 Å². The molecular weight excluding hydrogens is 264 g/mol. The Morgan fingerprint density at radius 1 is 1.35 bits per heavy atom. The number of nitrogens with one attached hydrogen (secondary N) is 1. The van der Waals surface area contributed by atoms with Gasteiger partial charge in [0.15, 0.2) is 0 Å². The maximum atomic E-state index is 3.76. The predicted molar refractivity (Wildman–Crippen MR) is 90.4 cm³/mol. The molecule has 0 aliphatic carbocycles. The minimum Gasteiger partial charge on any atom is -0.307 e. The van der Waals surface area contributed by atoms with Crippen LogP contribution in [0.15, 0.2) is 30.3 Å². The monoisotopic (exact) mass is 292 g/mol. The number of rotatable bonds is 5. The van der Waals surface area contributed by atoms with Crippen LogP contribution in [0.25, 0.3) is 0 Å². The van der Waals surface area contributed by atoms with E-state index in [1.165, 1.54) is 31.5 Å². The topological polar surface area (TPSA) is 15.3 Å². The molecule has 1 N–H and O–H groups in total. The van der Waals surface area contributed by atoms with Gasteiger partial charge < -0.3 is 10.2 Å². The molecule has 2 atom stereocenters. The Labute approximate surface area is 128 Å². The molecule has 1 aromatic rings. The summed E-state index contributed by atoms with van der Waals surface area (Å²) in [5, 5.41) is 4.52. The van der Waals surface area contributed by atoms with Crippen molar-refractivity contribution in [2.24, 2.45) is 0 Å². The summed E-state index contributed by atoms with van der Waals surface area (Å²) in [6, 6.07) is 10.9. The zero-order chi connectivity index (χ0) is 14.4. The Kier molecular flexibility index (Phi) is 5.94. The molecule has 0 amide bonds. The van der Waals surface area contributed by atoms with Crippen molar-refractivity contribution in [3.63, 3.8) is 0 Å². The zero-order valence-corrected chi connectivity index (χ0v) is 13.9. The van der Waals surface area contributed by atoms with Crippen molar-refractivity contribution >= 4 is 11.8 Å². The van der Waals surface area contributed by atoms with E-state index in [2.05, 4.69) is 60.7 Å². The Bertz CT molecular complexity index is 395. The molecule has 0 saturated carbocycles. The van der Waals surface area contributed by atoms with Crippen molar-refractivity contribution in [2.75, 3.05) is 32.4 Å². The summed E-state index contributed by atoms with van der Waals surface area (Å²) in [4.78, 5) is 2.64. The van der Waals surface area contributed by atoms with Crippen LogP contribution < -0.4 is 5.32 Å². The van der Waals surface area contributed by atoms with Gasteiger partial charge in [-0.1, -0.05) is 37.3 Å². The van der Waals surface area contributed by atoms with Crippen LogP contribution >= 0.6 is 11.8 Å². The second-order valence-electron chi connectivity index (χ2n) is 6.09. The van der Waals surface area contributed by atoms with Gasteiger partial charge in [-0.25, -0.2) is 0 Å². The fraction of sp³-hybridized carbons (Fsp3) is 0.647. The Morgan fingerprint density at radius 2 is 2.10 bits per heavy atom. The molecule has 0 aromatic heterocycles. The molecule has 1 aliphatic heterocycles. The molecule has 1 aromatic carbocycles. The highest BCUT2D eigenvalue weighted by atomic mass is 32.2. The minimum atomic E-state index is 0.0837. The molecule has 0 spiro atoms. The first-order valence-corrected chi connectivity index (χ1v) is 8.98. The van der Waals surface area contributed by atoms with Gasteiger partial charge in [-0.05, 0) is 51.2 Å². The van der Waals surface area contributed by atoms with Crippen LogP contribution in [-0.4, -0.2) is 42.6 Å². The fourth-order valence-electron chi connectivity index (χ4n) is 2.92. The van der Waals surface area contributed by atoms with Crippen molar-refractivity contribution in [2.45, 2.75) is 37.5 Å². The highest BCUT2D eigenvalue weighted by molar-refractivity contribution is 7.99. The molecule has 3 heteroatoms. The van der Waals surface area contributed by atoms with Crippen molar-refractivity contribution in [3.8, 4) is 0 Å². The third kappa shape index (κ3) is 4.24. The molecule has 2 nitrogen and oxygen atoms in total. The Balaban J connectivity index is 2.03. The van der Waals surface area contributed by atoms with E-state index < -0.39 is 0 Å². The third-order valence-corrected chi connectivity index (χ3v) is 5.41. The van der Waals surface area contributed by atoms with Gasteiger partial charge in [0.1, 0.15) is 0 Å². The summed E-state index contributed by atoms with van der Waals surface area (Å²) in [5.74, 6) is 0. The molecule has 1 fully saturated rings. The third-order valence-electron chi connectivity index (χ3n) is 4.37. The van der Waals surface area contributed by atoms with Crippen LogP contribution in [0.2, 0.25) is 0 Å². The highest BCUT2D eigenvalue weighted by Gasteiger charge is 2.30. The van der Waals surface area contributed by atoms with Gasteiger partial charge in [-0.15, -0.1) is 0 Å². The second-order valence-corrected chi connectivity index (χ2v) is 7.37. The van der Waals surface area contributed by atoms with Crippen molar-refractivity contribution in [1.29, 1.82) is 0 Å². The number of hydrogen-bond acceptors (Lipinski definition) is 3.